The first-order valence-corrected chi connectivity index (χ1v) is 7.44. The summed E-state index contributed by atoms with van der Waals surface area (Å²) in [6.07, 6.45) is 0.267. The lowest BCUT2D eigenvalue weighted by atomic mass is 10.2. The van der Waals surface area contributed by atoms with E-state index in [1.807, 2.05) is 0 Å². The van der Waals surface area contributed by atoms with E-state index >= 15 is 0 Å². The van der Waals surface area contributed by atoms with Crippen molar-refractivity contribution >= 4 is 28.0 Å². The lowest BCUT2D eigenvalue weighted by Crippen LogP contribution is -2.01. The number of benzene rings is 2. The van der Waals surface area contributed by atoms with Crippen molar-refractivity contribution in [1.82, 2.24) is 19.5 Å². The summed E-state index contributed by atoms with van der Waals surface area (Å²) in [7, 11) is 1.76. The van der Waals surface area contributed by atoms with E-state index in [4.69, 9.17) is 5.11 Å². The second kappa shape index (κ2) is 5.37. The number of halogens is 2. The molecule has 4 aromatic rings. The molecule has 0 aliphatic carbocycles. The number of carboxylic acid groups (broad SMARTS) is 1. The van der Waals surface area contributed by atoms with Crippen LogP contribution in [-0.2, 0) is 13.5 Å². The van der Waals surface area contributed by atoms with Crippen molar-refractivity contribution < 1.29 is 18.7 Å². The van der Waals surface area contributed by atoms with Crippen LogP contribution >= 0.6 is 0 Å². The van der Waals surface area contributed by atoms with Crippen LogP contribution in [0.3, 0.4) is 0 Å². The summed E-state index contributed by atoms with van der Waals surface area (Å²) in [6, 6.07) is 6.64. The minimum atomic E-state index is -1.01. The highest BCUT2D eigenvalue weighted by atomic mass is 19.1. The normalized spacial score (nSPS) is 11.5. The second-order valence-electron chi connectivity index (χ2n) is 5.74. The Labute approximate surface area is 139 Å². The highest BCUT2D eigenvalue weighted by Gasteiger charge is 2.15. The van der Waals surface area contributed by atoms with Crippen molar-refractivity contribution in [3.05, 3.63) is 59.2 Å². The Kier molecular flexibility index (Phi) is 3.28. The Balaban J connectivity index is 1.76. The van der Waals surface area contributed by atoms with Crippen LogP contribution in [0.1, 0.15) is 22.0 Å². The summed E-state index contributed by atoms with van der Waals surface area (Å²) in [6.45, 7) is 0. The van der Waals surface area contributed by atoms with Crippen molar-refractivity contribution in [3.8, 4) is 0 Å². The van der Waals surface area contributed by atoms with Crippen LogP contribution in [-0.4, -0.2) is 30.6 Å². The zero-order valence-corrected chi connectivity index (χ0v) is 13.0. The van der Waals surface area contributed by atoms with Crippen LogP contribution in [0, 0.1) is 11.6 Å². The van der Waals surface area contributed by atoms with E-state index < -0.39 is 17.6 Å². The fraction of sp³-hybridized carbons (Fsp3) is 0.118. The summed E-state index contributed by atoms with van der Waals surface area (Å²) in [5.41, 5.74) is 1.84. The number of aromatic amines is 1. The summed E-state index contributed by atoms with van der Waals surface area (Å²) < 4.78 is 28.8. The highest BCUT2D eigenvalue weighted by Crippen LogP contribution is 2.21. The third-order valence-corrected chi connectivity index (χ3v) is 4.10. The molecule has 0 amide bonds. The molecule has 0 aliphatic rings. The molecule has 4 rings (SSSR count). The number of aromatic nitrogens is 4. The summed E-state index contributed by atoms with van der Waals surface area (Å²) in [5, 5.41) is 9.10. The molecule has 2 aromatic heterocycles. The van der Waals surface area contributed by atoms with Gasteiger partial charge in [-0.05, 0) is 24.3 Å². The Morgan fingerprint density at radius 3 is 2.80 bits per heavy atom. The van der Waals surface area contributed by atoms with Crippen LogP contribution < -0.4 is 0 Å². The van der Waals surface area contributed by atoms with Gasteiger partial charge < -0.3 is 14.7 Å². The number of H-pyrrole nitrogens is 1. The molecule has 2 heterocycles. The number of fused-ring (bicyclic) bond motifs is 2. The molecular formula is C17H12F2N4O2. The van der Waals surface area contributed by atoms with Crippen LogP contribution in [0.5, 0.6) is 0 Å². The summed E-state index contributed by atoms with van der Waals surface area (Å²) in [5.74, 6) is -1.36. The van der Waals surface area contributed by atoms with Gasteiger partial charge in [-0.15, -0.1) is 0 Å². The number of carbonyl (C=O) groups is 1. The molecule has 0 bridgehead atoms. The molecule has 25 heavy (non-hydrogen) atoms. The van der Waals surface area contributed by atoms with Gasteiger partial charge in [0, 0.05) is 13.1 Å². The van der Waals surface area contributed by atoms with Gasteiger partial charge >= 0.3 is 5.97 Å². The first-order chi connectivity index (χ1) is 11.9. The molecular weight excluding hydrogens is 330 g/mol. The van der Waals surface area contributed by atoms with E-state index in [-0.39, 0.29) is 23.0 Å². The molecule has 0 saturated carbocycles. The highest BCUT2D eigenvalue weighted by molar-refractivity contribution is 5.92. The fourth-order valence-electron chi connectivity index (χ4n) is 2.86. The maximum Gasteiger partial charge on any atom is 0.335 e. The number of nitrogens with one attached hydrogen (secondary N) is 1. The van der Waals surface area contributed by atoms with Gasteiger partial charge in [0.15, 0.2) is 5.82 Å². The van der Waals surface area contributed by atoms with Gasteiger partial charge in [0.05, 0.1) is 28.5 Å². The SMILES string of the molecule is Cn1c(Cc2nc3c(F)cc(F)cc3[nH]2)nc2ccc(C(=O)O)cc21. The van der Waals surface area contributed by atoms with E-state index in [0.29, 0.717) is 22.7 Å². The lowest BCUT2D eigenvalue weighted by molar-refractivity contribution is 0.0697. The zero-order valence-electron chi connectivity index (χ0n) is 13.0. The van der Waals surface area contributed by atoms with Crippen molar-refractivity contribution in [3.63, 3.8) is 0 Å². The fourth-order valence-corrected chi connectivity index (χ4v) is 2.86. The molecule has 0 fully saturated rings. The third kappa shape index (κ3) is 2.51. The predicted octanol–water partition coefficient (Wildman–Crippen LogP) is 3.02. The van der Waals surface area contributed by atoms with E-state index in [2.05, 4.69) is 15.0 Å². The van der Waals surface area contributed by atoms with Gasteiger partial charge in [-0.2, -0.15) is 0 Å². The van der Waals surface area contributed by atoms with E-state index in [1.165, 1.54) is 12.1 Å². The van der Waals surface area contributed by atoms with Crippen molar-refractivity contribution in [1.29, 1.82) is 0 Å². The molecule has 6 nitrogen and oxygen atoms in total. The van der Waals surface area contributed by atoms with Gasteiger partial charge in [0.25, 0.3) is 0 Å². The van der Waals surface area contributed by atoms with Crippen LogP contribution in [0.25, 0.3) is 22.1 Å². The molecule has 126 valence electrons. The number of hydrogen-bond acceptors (Lipinski definition) is 3. The number of aryl methyl sites for hydroxylation is 1. The van der Waals surface area contributed by atoms with Crippen molar-refractivity contribution in [2.75, 3.05) is 0 Å². The standard InChI is InChI=1S/C17H12F2N4O2/c1-23-13-4-8(17(24)25)2-3-11(13)21-15(23)7-14-20-12-6-9(18)5-10(19)16(12)22-14/h2-6H,7H2,1H3,(H,20,22)(H,24,25). The van der Waals surface area contributed by atoms with E-state index in [1.54, 1.807) is 23.7 Å². The molecule has 0 atom stereocenters. The number of carboxylic acids is 1. The van der Waals surface area contributed by atoms with Crippen molar-refractivity contribution in [2.45, 2.75) is 6.42 Å². The average molecular weight is 342 g/mol. The minimum absolute atomic E-state index is 0.0725. The molecule has 0 saturated heterocycles. The molecule has 0 unspecified atom stereocenters. The third-order valence-electron chi connectivity index (χ3n) is 4.10. The second-order valence-corrected chi connectivity index (χ2v) is 5.74. The molecule has 0 spiro atoms. The first-order valence-electron chi connectivity index (χ1n) is 7.44. The quantitative estimate of drug-likeness (QED) is 0.599. The van der Waals surface area contributed by atoms with E-state index in [0.717, 1.165) is 6.07 Å². The van der Waals surface area contributed by atoms with Gasteiger partial charge in [-0.1, -0.05) is 0 Å². The van der Waals surface area contributed by atoms with E-state index in [9.17, 15) is 13.6 Å². The Morgan fingerprint density at radius 2 is 2.04 bits per heavy atom. The maximum absolute atomic E-state index is 13.8. The number of aromatic carboxylic acids is 1. The minimum Gasteiger partial charge on any atom is -0.478 e. The average Bonchev–Trinajstić information content (AvgIpc) is 3.09. The largest absolute Gasteiger partial charge is 0.478 e. The summed E-state index contributed by atoms with van der Waals surface area (Å²) >= 11 is 0. The number of imidazole rings is 2. The van der Waals surface area contributed by atoms with Gasteiger partial charge in [0.2, 0.25) is 0 Å². The summed E-state index contributed by atoms with van der Waals surface area (Å²) in [4.78, 5) is 22.6. The molecule has 0 aliphatic heterocycles. The van der Waals surface area contributed by atoms with Crippen LogP contribution in [0.15, 0.2) is 30.3 Å². The topological polar surface area (TPSA) is 83.8 Å². The number of nitrogens with zero attached hydrogens (tertiary/aromatic N) is 3. The number of hydrogen-bond donors (Lipinski definition) is 2. The smallest absolute Gasteiger partial charge is 0.335 e. The molecule has 0 radical (unpaired) electrons. The number of rotatable bonds is 3. The zero-order chi connectivity index (χ0) is 17.7. The lowest BCUT2D eigenvalue weighted by Gasteiger charge is -2.00. The monoisotopic (exact) mass is 342 g/mol. The Hall–Kier alpha value is -3.29. The van der Waals surface area contributed by atoms with Crippen molar-refractivity contribution in [2.24, 2.45) is 7.05 Å². The molecule has 8 heteroatoms. The molecule has 2 aromatic carbocycles. The van der Waals surface area contributed by atoms with Gasteiger partial charge in [0.1, 0.15) is 23.0 Å². The Morgan fingerprint density at radius 1 is 1.24 bits per heavy atom. The van der Waals surface area contributed by atoms with Gasteiger partial charge in [-0.3, -0.25) is 0 Å². The van der Waals surface area contributed by atoms with Crippen LogP contribution in [0.4, 0.5) is 8.78 Å². The maximum atomic E-state index is 13.8. The first kappa shape index (κ1) is 15.3. The van der Waals surface area contributed by atoms with Crippen LogP contribution in [0.2, 0.25) is 0 Å². The Bertz CT molecular complexity index is 1150. The predicted molar refractivity (Wildman–Crippen MR) is 86.5 cm³/mol. The van der Waals surface area contributed by atoms with Gasteiger partial charge in [-0.25, -0.2) is 23.5 Å². The molecule has 2 N–H and O–H groups in total.